The van der Waals surface area contributed by atoms with E-state index >= 15 is 0 Å². The summed E-state index contributed by atoms with van der Waals surface area (Å²) in [6, 6.07) is 13.2. The van der Waals surface area contributed by atoms with Gasteiger partial charge in [0.1, 0.15) is 42.2 Å². The van der Waals surface area contributed by atoms with E-state index in [1.807, 2.05) is 19.1 Å². The number of aliphatic carboxylic acids is 1. The van der Waals surface area contributed by atoms with Gasteiger partial charge in [-0.3, -0.25) is 4.79 Å². The van der Waals surface area contributed by atoms with Crippen LogP contribution in [0.2, 0.25) is 0 Å². The number of carboxylic acid groups (broad SMARTS) is 1. The topological polar surface area (TPSA) is 94.2 Å². The summed E-state index contributed by atoms with van der Waals surface area (Å²) in [6.07, 6.45) is 0.733. The molecule has 3 rings (SSSR count). The van der Waals surface area contributed by atoms with Crippen LogP contribution in [0, 0.1) is 18.2 Å². The van der Waals surface area contributed by atoms with E-state index in [1.165, 1.54) is 19.2 Å². The van der Waals surface area contributed by atoms with E-state index in [1.54, 1.807) is 38.1 Å². The molecule has 0 radical (unpaired) electrons. The van der Waals surface area contributed by atoms with Gasteiger partial charge in [0, 0.05) is 5.56 Å². The highest BCUT2D eigenvalue weighted by Gasteiger charge is 2.38. The number of rotatable bonds is 10. The van der Waals surface area contributed by atoms with E-state index in [-0.39, 0.29) is 18.8 Å². The van der Waals surface area contributed by atoms with Gasteiger partial charge in [-0.25, -0.2) is 9.37 Å². The fourth-order valence-corrected chi connectivity index (χ4v) is 3.51. The van der Waals surface area contributed by atoms with Crippen molar-refractivity contribution in [2.75, 3.05) is 7.11 Å². The van der Waals surface area contributed by atoms with E-state index < -0.39 is 11.4 Å². The van der Waals surface area contributed by atoms with Crippen LogP contribution in [0.1, 0.15) is 37.3 Å². The molecular weight excluding hydrogens is 427 g/mol. The molecule has 2 aromatic carbocycles. The number of benzene rings is 2. The summed E-state index contributed by atoms with van der Waals surface area (Å²) >= 11 is 0. The van der Waals surface area contributed by atoms with Crippen LogP contribution in [0.25, 0.3) is 11.5 Å². The number of hydrogen-bond acceptors (Lipinski definition) is 6. The Balaban J connectivity index is 1.68. The van der Waals surface area contributed by atoms with Crippen LogP contribution in [0.4, 0.5) is 4.39 Å². The monoisotopic (exact) mass is 454 g/mol. The zero-order chi connectivity index (χ0) is 24.0. The van der Waals surface area contributed by atoms with Crippen molar-refractivity contribution in [3.8, 4) is 17.2 Å². The minimum Gasteiger partial charge on any atom is -0.487 e. The molecule has 1 aromatic heterocycles. The van der Waals surface area contributed by atoms with E-state index in [0.717, 1.165) is 5.56 Å². The fourth-order valence-electron chi connectivity index (χ4n) is 3.51. The molecule has 0 aliphatic rings. The third-order valence-electron chi connectivity index (χ3n) is 5.49. The molecule has 7 nitrogen and oxygen atoms in total. The molecule has 174 valence electrons. The normalized spacial score (nSPS) is 13.4. The Morgan fingerprint density at radius 2 is 1.85 bits per heavy atom. The molecule has 0 saturated heterocycles. The molecule has 8 heteroatoms. The maximum atomic E-state index is 13.1. The number of halogens is 1. The number of hydrogen-bond donors (Lipinski definition) is 1. The molecular formula is C25H27FN2O5. The van der Waals surface area contributed by atoms with Gasteiger partial charge in [0.15, 0.2) is 0 Å². The summed E-state index contributed by atoms with van der Waals surface area (Å²) in [4.78, 5) is 21.3. The van der Waals surface area contributed by atoms with Gasteiger partial charge in [0.25, 0.3) is 0 Å². The molecule has 1 heterocycles. The summed E-state index contributed by atoms with van der Waals surface area (Å²) in [5.74, 6) is 0.350. The molecule has 0 aliphatic heterocycles. The van der Waals surface area contributed by atoms with Gasteiger partial charge in [-0.05, 0) is 68.7 Å². The molecule has 0 spiro atoms. The highest BCUT2D eigenvalue weighted by atomic mass is 19.1. The zero-order valence-electron chi connectivity index (χ0n) is 19.1. The number of carboxylic acids is 1. The lowest BCUT2D eigenvalue weighted by Gasteiger charge is -2.25. The van der Waals surface area contributed by atoms with Crippen molar-refractivity contribution in [3.63, 3.8) is 0 Å². The highest BCUT2D eigenvalue weighted by Crippen LogP contribution is 2.29. The van der Waals surface area contributed by atoms with Crippen LogP contribution in [-0.4, -0.2) is 28.9 Å². The summed E-state index contributed by atoms with van der Waals surface area (Å²) in [6.45, 7) is 5.49. The maximum absolute atomic E-state index is 13.1. The van der Waals surface area contributed by atoms with Crippen LogP contribution in [0.5, 0.6) is 5.75 Å². The van der Waals surface area contributed by atoms with Crippen molar-refractivity contribution in [2.24, 2.45) is 10.6 Å². The van der Waals surface area contributed by atoms with Gasteiger partial charge in [0.05, 0.1) is 5.71 Å². The van der Waals surface area contributed by atoms with Crippen molar-refractivity contribution >= 4 is 11.7 Å². The van der Waals surface area contributed by atoms with E-state index in [2.05, 4.69) is 10.1 Å². The Bertz CT molecular complexity index is 1120. The van der Waals surface area contributed by atoms with Gasteiger partial charge >= 0.3 is 5.97 Å². The van der Waals surface area contributed by atoms with Crippen LogP contribution >= 0.6 is 0 Å². The van der Waals surface area contributed by atoms with Crippen LogP contribution in [0.3, 0.4) is 0 Å². The lowest BCUT2D eigenvalue weighted by molar-refractivity contribution is -0.144. The van der Waals surface area contributed by atoms with E-state index in [0.29, 0.717) is 40.8 Å². The third-order valence-corrected chi connectivity index (χ3v) is 5.49. The number of ether oxygens (including phenoxy) is 1. The van der Waals surface area contributed by atoms with Crippen molar-refractivity contribution in [1.82, 2.24) is 4.98 Å². The second kappa shape index (κ2) is 10.3. The van der Waals surface area contributed by atoms with Gasteiger partial charge in [-0.15, -0.1) is 0 Å². The lowest BCUT2D eigenvalue weighted by atomic mass is 9.78. The number of aromatic nitrogens is 1. The summed E-state index contributed by atoms with van der Waals surface area (Å²) in [5, 5.41) is 13.7. The van der Waals surface area contributed by atoms with Crippen LogP contribution in [-0.2, 0) is 22.7 Å². The first kappa shape index (κ1) is 24.0. The quantitative estimate of drug-likeness (QED) is 0.325. The van der Waals surface area contributed by atoms with Crippen LogP contribution < -0.4 is 4.74 Å². The van der Waals surface area contributed by atoms with Crippen molar-refractivity contribution in [2.45, 2.75) is 40.2 Å². The largest absolute Gasteiger partial charge is 0.487 e. The first-order valence-electron chi connectivity index (χ1n) is 10.5. The minimum atomic E-state index is -1.18. The standard InChI is InChI=1S/C25H27FN2O5/c1-5-22(28-31-4)25(3,24(29)30)14-17-6-12-20(13-7-17)32-15-21-16(2)33-23(27-21)18-8-10-19(26)11-9-18/h6-13H,5,14-15H2,1-4H3,(H,29,30)/b28-22+. The van der Waals surface area contributed by atoms with Gasteiger partial charge < -0.3 is 19.1 Å². The minimum absolute atomic E-state index is 0.198. The fraction of sp³-hybridized carbons (Fsp3) is 0.320. The molecule has 0 amide bonds. The number of nitrogens with zero attached hydrogens (tertiary/aromatic N) is 2. The molecule has 1 atom stereocenters. The van der Waals surface area contributed by atoms with Crippen molar-refractivity contribution in [3.05, 3.63) is 71.4 Å². The Kier molecular flexibility index (Phi) is 7.48. The predicted molar refractivity (Wildman–Crippen MR) is 122 cm³/mol. The molecule has 0 fully saturated rings. The van der Waals surface area contributed by atoms with Gasteiger partial charge in [-0.2, -0.15) is 0 Å². The molecule has 0 bridgehead atoms. The summed E-state index contributed by atoms with van der Waals surface area (Å²) in [7, 11) is 1.41. The average Bonchev–Trinajstić information content (AvgIpc) is 3.17. The first-order chi connectivity index (χ1) is 15.8. The number of oxime groups is 1. The molecule has 33 heavy (non-hydrogen) atoms. The second-order valence-corrected chi connectivity index (χ2v) is 7.85. The smallest absolute Gasteiger partial charge is 0.315 e. The third kappa shape index (κ3) is 5.58. The van der Waals surface area contributed by atoms with Gasteiger partial charge in [0.2, 0.25) is 5.89 Å². The molecule has 1 unspecified atom stereocenters. The zero-order valence-corrected chi connectivity index (χ0v) is 19.1. The highest BCUT2D eigenvalue weighted by molar-refractivity contribution is 6.05. The average molecular weight is 454 g/mol. The number of oxazole rings is 1. The van der Waals surface area contributed by atoms with E-state index in [9.17, 15) is 14.3 Å². The number of aryl methyl sites for hydroxylation is 1. The summed E-state index contributed by atoms with van der Waals surface area (Å²) < 4.78 is 24.7. The van der Waals surface area contributed by atoms with E-state index in [4.69, 9.17) is 14.0 Å². The molecule has 1 N–H and O–H groups in total. The number of carbonyl (C=O) groups is 1. The maximum Gasteiger partial charge on any atom is 0.315 e. The van der Waals surface area contributed by atoms with Crippen molar-refractivity contribution in [1.29, 1.82) is 0 Å². The Morgan fingerprint density at radius 3 is 2.42 bits per heavy atom. The molecule has 0 saturated carbocycles. The summed E-state index contributed by atoms with van der Waals surface area (Å²) in [5.41, 5.74) is 1.44. The SMILES string of the molecule is CC/C(=N\OC)C(C)(Cc1ccc(OCc2nc(-c3ccc(F)cc3)oc2C)cc1)C(=O)O. The molecule has 3 aromatic rings. The predicted octanol–water partition coefficient (Wildman–Crippen LogP) is 5.41. The Hall–Kier alpha value is -3.68. The lowest BCUT2D eigenvalue weighted by Crippen LogP contribution is -2.38. The Morgan fingerprint density at radius 1 is 1.18 bits per heavy atom. The Labute approximate surface area is 191 Å². The second-order valence-electron chi connectivity index (χ2n) is 7.85. The van der Waals surface area contributed by atoms with Gasteiger partial charge in [-0.1, -0.05) is 24.2 Å². The first-order valence-corrected chi connectivity index (χ1v) is 10.5. The molecule has 0 aliphatic carbocycles. The van der Waals surface area contributed by atoms with Crippen molar-refractivity contribution < 1.29 is 28.3 Å². The van der Waals surface area contributed by atoms with Crippen LogP contribution in [0.15, 0.2) is 58.1 Å².